The zero-order valence-corrected chi connectivity index (χ0v) is 13.4. The van der Waals surface area contributed by atoms with E-state index in [0.29, 0.717) is 5.13 Å². The first-order valence-electron chi connectivity index (χ1n) is 6.43. The number of urea groups is 1. The standard InChI is InChI=1S/C12H15N5O3S2/c1-2-10-16-17-12(21-10)15-11(18)13-8-14-22(19,20)9-6-4-3-5-7-9/h3-7,14H,2,8H2,1H3,(H2,13,15,17,18). The van der Waals surface area contributed by atoms with Crippen molar-refractivity contribution in [2.45, 2.75) is 18.2 Å². The van der Waals surface area contributed by atoms with Gasteiger partial charge in [0.1, 0.15) is 5.01 Å². The average molecular weight is 341 g/mol. The van der Waals surface area contributed by atoms with Crippen molar-refractivity contribution in [1.29, 1.82) is 0 Å². The van der Waals surface area contributed by atoms with Crippen LogP contribution in [-0.2, 0) is 16.4 Å². The van der Waals surface area contributed by atoms with Gasteiger partial charge in [-0.15, -0.1) is 10.2 Å². The van der Waals surface area contributed by atoms with Crippen molar-refractivity contribution in [3.05, 3.63) is 35.3 Å². The van der Waals surface area contributed by atoms with E-state index < -0.39 is 16.1 Å². The maximum atomic E-state index is 11.9. The van der Waals surface area contributed by atoms with Crippen LogP contribution in [0.4, 0.5) is 9.93 Å². The largest absolute Gasteiger partial charge is 0.324 e. The van der Waals surface area contributed by atoms with Gasteiger partial charge in [-0.3, -0.25) is 5.32 Å². The third-order valence-electron chi connectivity index (χ3n) is 2.55. The van der Waals surface area contributed by atoms with E-state index in [1.807, 2.05) is 6.92 Å². The van der Waals surface area contributed by atoms with Crippen LogP contribution >= 0.6 is 11.3 Å². The van der Waals surface area contributed by atoms with Gasteiger partial charge in [0.25, 0.3) is 0 Å². The molecule has 0 bridgehead atoms. The number of aromatic nitrogens is 2. The van der Waals surface area contributed by atoms with Crippen LogP contribution in [0.2, 0.25) is 0 Å². The van der Waals surface area contributed by atoms with Crippen LogP contribution in [-0.4, -0.2) is 31.3 Å². The first kappa shape index (κ1) is 16.3. The van der Waals surface area contributed by atoms with Crippen molar-refractivity contribution in [1.82, 2.24) is 20.2 Å². The van der Waals surface area contributed by atoms with Crippen LogP contribution in [0, 0.1) is 0 Å². The van der Waals surface area contributed by atoms with E-state index in [0.717, 1.165) is 11.4 Å². The summed E-state index contributed by atoms with van der Waals surface area (Å²) in [5, 5.41) is 13.7. The molecular weight excluding hydrogens is 326 g/mol. The number of carbonyl (C=O) groups excluding carboxylic acids is 1. The highest BCUT2D eigenvalue weighted by molar-refractivity contribution is 7.89. The lowest BCUT2D eigenvalue weighted by Gasteiger charge is -2.08. The van der Waals surface area contributed by atoms with Crippen LogP contribution in [0.1, 0.15) is 11.9 Å². The highest BCUT2D eigenvalue weighted by Crippen LogP contribution is 2.14. The fraction of sp³-hybridized carbons (Fsp3) is 0.250. The molecule has 0 spiro atoms. The summed E-state index contributed by atoms with van der Waals surface area (Å²) in [6, 6.07) is 7.34. The summed E-state index contributed by atoms with van der Waals surface area (Å²) in [5.41, 5.74) is 0. The second kappa shape index (κ2) is 7.29. The monoisotopic (exact) mass is 341 g/mol. The molecule has 3 N–H and O–H groups in total. The number of aryl methyl sites for hydroxylation is 1. The Balaban J connectivity index is 1.82. The molecule has 2 aromatic rings. The molecule has 2 rings (SSSR count). The molecule has 2 amide bonds. The second-order valence-corrected chi connectivity index (χ2v) is 6.95. The molecule has 0 radical (unpaired) electrons. The van der Waals surface area contributed by atoms with Crippen molar-refractivity contribution in [2.24, 2.45) is 0 Å². The molecule has 8 nitrogen and oxygen atoms in total. The Labute approximate surface area is 132 Å². The van der Waals surface area contributed by atoms with Crippen LogP contribution in [0.25, 0.3) is 0 Å². The van der Waals surface area contributed by atoms with E-state index in [1.54, 1.807) is 18.2 Å². The minimum absolute atomic E-state index is 0.133. The predicted octanol–water partition coefficient (Wildman–Crippen LogP) is 1.16. The Kier molecular flexibility index (Phi) is 5.41. The van der Waals surface area contributed by atoms with Gasteiger partial charge in [-0.1, -0.05) is 36.5 Å². The molecule has 0 unspecified atom stereocenters. The van der Waals surface area contributed by atoms with Gasteiger partial charge in [0.2, 0.25) is 15.2 Å². The van der Waals surface area contributed by atoms with Gasteiger partial charge in [-0.05, 0) is 18.6 Å². The SMILES string of the molecule is CCc1nnc(NC(=O)NCNS(=O)(=O)c2ccccc2)s1. The van der Waals surface area contributed by atoms with Gasteiger partial charge in [0, 0.05) is 0 Å². The minimum atomic E-state index is -3.65. The van der Waals surface area contributed by atoms with E-state index >= 15 is 0 Å². The summed E-state index contributed by atoms with van der Waals surface area (Å²) in [4.78, 5) is 11.7. The summed E-state index contributed by atoms with van der Waals surface area (Å²) in [6.07, 6.45) is 0.734. The Morgan fingerprint density at radius 3 is 2.59 bits per heavy atom. The van der Waals surface area contributed by atoms with E-state index in [9.17, 15) is 13.2 Å². The zero-order chi connectivity index (χ0) is 16.0. The van der Waals surface area contributed by atoms with E-state index in [1.165, 1.54) is 23.5 Å². The first-order valence-corrected chi connectivity index (χ1v) is 8.73. The maximum Gasteiger partial charge on any atom is 0.322 e. The smallest absolute Gasteiger partial charge is 0.322 e. The Morgan fingerprint density at radius 2 is 1.95 bits per heavy atom. The molecule has 0 aliphatic rings. The summed E-state index contributed by atoms with van der Waals surface area (Å²) in [7, 11) is -3.65. The summed E-state index contributed by atoms with van der Waals surface area (Å²) < 4.78 is 26.1. The molecule has 1 heterocycles. The fourth-order valence-corrected chi connectivity index (χ4v) is 3.10. The topological polar surface area (TPSA) is 113 Å². The summed E-state index contributed by atoms with van der Waals surface area (Å²) >= 11 is 1.26. The third kappa shape index (κ3) is 4.48. The van der Waals surface area contributed by atoms with Gasteiger partial charge < -0.3 is 5.32 Å². The molecular formula is C12H15N5O3S2. The molecule has 0 aliphatic heterocycles. The van der Waals surface area contributed by atoms with Crippen molar-refractivity contribution in [3.8, 4) is 0 Å². The third-order valence-corrected chi connectivity index (χ3v) is 4.95. The molecule has 0 fully saturated rings. The molecule has 0 atom stereocenters. The summed E-state index contributed by atoms with van der Waals surface area (Å²) in [5.74, 6) is 0. The van der Waals surface area contributed by atoms with Gasteiger partial charge in [-0.25, -0.2) is 13.2 Å². The Hall–Kier alpha value is -2.04. The molecule has 118 valence electrons. The van der Waals surface area contributed by atoms with Gasteiger partial charge >= 0.3 is 6.03 Å². The molecule has 0 saturated carbocycles. The van der Waals surface area contributed by atoms with E-state index in [-0.39, 0.29) is 11.6 Å². The fourth-order valence-electron chi connectivity index (χ4n) is 1.48. The quantitative estimate of drug-likeness (QED) is 0.682. The van der Waals surface area contributed by atoms with Crippen molar-refractivity contribution >= 4 is 32.5 Å². The highest BCUT2D eigenvalue weighted by atomic mass is 32.2. The minimum Gasteiger partial charge on any atom is -0.324 e. The number of sulfonamides is 1. The number of benzene rings is 1. The second-order valence-electron chi connectivity index (χ2n) is 4.12. The first-order chi connectivity index (χ1) is 10.5. The lowest BCUT2D eigenvalue weighted by Crippen LogP contribution is -2.39. The Bertz CT molecular complexity index is 730. The number of hydrogen-bond acceptors (Lipinski definition) is 6. The van der Waals surface area contributed by atoms with Crippen molar-refractivity contribution in [2.75, 3.05) is 12.0 Å². The number of nitrogens with zero attached hydrogens (tertiary/aromatic N) is 2. The van der Waals surface area contributed by atoms with Crippen LogP contribution in [0.5, 0.6) is 0 Å². The lowest BCUT2D eigenvalue weighted by atomic mass is 10.4. The molecule has 10 heteroatoms. The molecule has 1 aromatic carbocycles. The van der Waals surface area contributed by atoms with E-state index in [4.69, 9.17) is 0 Å². The van der Waals surface area contributed by atoms with Crippen molar-refractivity contribution < 1.29 is 13.2 Å². The molecule has 22 heavy (non-hydrogen) atoms. The summed E-state index contributed by atoms with van der Waals surface area (Å²) in [6.45, 7) is 1.70. The lowest BCUT2D eigenvalue weighted by molar-refractivity contribution is 0.252. The number of nitrogens with one attached hydrogen (secondary N) is 3. The number of carbonyl (C=O) groups is 1. The van der Waals surface area contributed by atoms with Gasteiger partial charge in [-0.2, -0.15) is 4.72 Å². The molecule has 1 aromatic heterocycles. The van der Waals surface area contributed by atoms with Gasteiger partial charge in [0.05, 0.1) is 11.6 Å². The zero-order valence-electron chi connectivity index (χ0n) is 11.7. The number of rotatable bonds is 6. The normalized spacial score (nSPS) is 11.1. The van der Waals surface area contributed by atoms with Crippen LogP contribution in [0.15, 0.2) is 35.2 Å². The van der Waals surface area contributed by atoms with Crippen molar-refractivity contribution in [3.63, 3.8) is 0 Å². The number of amides is 2. The molecule has 0 saturated heterocycles. The van der Waals surface area contributed by atoms with Crippen LogP contribution in [0.3, 0.4) is 0 Å². The number of anilines is 1. The van der Waals surface area contributed by atoms with Gasteiger partial charge in [0.15, 0.2) is 0 Å². The average Bonchev–Trinajstić information content (AvgIpc) is 2.95. The molecule has 0 aliphatic carbocycles. The van der Waals surface area contributed by atoms with Crippen LogP contribution < -0.4 is 15.4 Å². The highest BCUT2D eigenvalue weighted by Gasteiger charge is 2.13. The Morgan fingerprint density at radius 1 is 1.23 bits per heavy atom. The van der Waals surface area contributed by atoms with E-state index in [2.05, 4.69) is 25.6 Å². The predicted molar refractivity (Wildman–Crippen MR) is 83.1 cm³/mol. The number of hydrogen-bond donors (Lipinski definition) is 3. The maximum absolute atomic E-state index is 11.9.